The summed E-state index contributed by atoms with van der Waals surface area (Å²) in [6.07, 6.45) is 2.66. The van der Waals surface area contributed by atoms with Crippen LogP contribution in [0.15, 0.2) is 65.3 Å². The maximum atomic E-state index is 12.5. The number of aryl methyl sites for hydroxylation is 1. The highest BCUT2D eigenvalue weighted by Crippen LogP contribution is 2.55. The fraction of sp³-hybridized carbons (Fsp3) is 0.261. The van der Waals surface area contributed by atoms with Crippen LogP contribution < -0.4 is 5.32 Å². The minimum Gasteiger partial charge on any atom is -0.469 e. The van der Waals surface area contributed by atoms with E-state index in [-0.39, 0.29) is 5.91 Å². The minimum absolute atomic E-state index is 0.0423. The first-order chi connectivity index (χ1) is 12.7. The first-order valence-electron chi connectivity index (χ1n) is 9.24. The molecule has 3 heteroatoms. The summed E-state index contributed by atoms with van der Waals surface area (Å²) >= 11 is 0. The van der Waals surface area contributed by atoms with Crippen molar-refractivity contribution in [2.45, 2.75) is 25.2 Å². The van der Waals surface area contributed by atoms with Crippen LogP contribution in [0, 0.1) is 12.8 Å². The second kappa shape index (κ2) is 5.87. The summed E-state index contributed by atoms with van der Waals surface area (Å²) in [5.74, 6) is 1.84. The summed E-state index contributed by atoms with van der Waals surface area (Å²) in [7, 11) is 0. The summed E-state index contributed by atoms with van der Waals surface area (Å²) < 4.78 is 5.26. The number of amides is 1. The van der Waals surface area contributed by atoms with Crippen molar-refractivity contribution in [3.63, 3.8) is 0 Å². The highest BCUT2D eigenvalue weighted by molar-refractivity contribution is 5.95. The first kappa shape index (κ1) is 15.4. The van der Waals surface area contributed by atoms with E-state index >= 15 is 0 Å². The topological polar surface area (TPSA) is 42.2 Å². The summed E-state index contributed by atoms with van der Waals surface area (Å²) in [4.78, 5) is 12.5. The van der Waals surface area contributed by atoms with Crippen molar-refractivity contribution in [2.75, 3.05) is 6.54 Å². The van der Waals surface area contributed by atoms with Gasteiger partial charge < -0.3 is 9.73 Å². The molecule has 130 valence electrons. The maximum absolute atomic E-state index is 12.5. The van der Waals surface area contributed by atoms with Crippen LogP contribution in [0.5, 0.6) is 0 Å². The van der Waals surface area contributed by atoms with E-state index in [9.17, 15) is 4.79 Å². The van der Waals surface area contributed by atoms with Crippen LogP contribution in [-0.2, 0) is 0 Å². The Morgan fingerprint density at radius 3 is 2.19 bits per heavy atom. The molecule has 1 N–H and O–H groups in total. The van der Waals surface area contributed by atoms with Gasteiger partial charge in [-0.3, -0.25) is 4.79 Å². The summed E-state index contributed by atoms with van der Waals surface area (Å²) in [6.45, 7) is 2.51. The minimum atomic E-state index is -0.0423. The van der Waals surface area contributed by atoms with E-state index in [1.165, 1.54) is 22.3 Å². The predicted octanol–water partition coefficient (Wildman–Crippen LogP) is 4.62. The molecule has 1 aromatic heterocycles. The Morgan fingerprint density at radius 2 is 1.62 bits per heavy atom. The van der Waals surface area contributed by atoms with E-state index < -0.39 is 0 Å². The number of hydrogen-bond donors (Lipinski definition) is 1. The molecular weight excluding hydrogens is 322 g/mol. The lowest BCUT2D eigenvalue weighted by Crippen LogP contribution is -2.39. The zero-order valence-corrected chi connectivity index (χ0v) is 14.7. The van der Waals surface area contributed by atoms with Crippen LogP contribution in [0.2, 0.25) is 0 Å². The van der Waals surface area contributed by atoms with Gasteiger partial charge in [0.05, 0.1) is 11.8 Å². The van der Waals surface area contributed by atoms with Crippen LogP contribution in [-0.4, -0.2) is 12.5 Å². The van der Waals surface area contributed by atoms with Crippen LogP contribution in [0.25, 0.3) is 0 Å². The molecule has 0 spiro atoms. The molecule has 1 atom stereocenters. The van der Waals surface area contributed by atoms with Crippen molar-refractivity contribution in [1.82, 2.24) is 5.32 Å². The van der Waals surface area contributed by atoms with Gasteiger partial charge >= 0.3 is 0 Å². The normalized spacial score (nSPS) is 22.6. The van der Waals surface area contributed by atoms with Crippen molar-refractivity contribution in [1.29, 1.82) is 0 Å². The van der Waals surface area contributed by atoms with E-state index in [4.69, 9.17) is 4.42 Å². The number of hydrogen-bond acceptors (Lipinski definition) is 2. The Balaban J connectivity index is 1.45. The Hall–Kier alpha value is -2.81. The second-order valence-electron chi connectivity index (χ2n) is 7.38. The van der Waals surface area contributed by atoms with Crippen molar-refractivity contribution in [3.05, 3.63) is 94.4 Å². The average Bonchev–Trinajstić information content (AvgIpc) is 3.12. The largest absolute Gasteiger partial charge is 0.469 e. The molecule has 3 aliphatic carbocycles. The number of nitrogens with one attached hydrogen (secondary N) is 1. The molecule has 6 rings (SSSR count). The predicted molar refractivity (Wildman–Crippen MR) is 100 cm³/mol. The van der Waals surface area contributed by atoms with Gasteiger partial charge in [0.2, 0.25) is 0 Å². The molecule has 0 unspecified atom stereocenters. The van der Waals surface area contributed by atoms with Gasteiger partial charge in [-0.05, 0) is 47.6 Å². The third-order valence-electron chi connectivity index (χ3n) is 6.05. The fourth-order valence-corrected chi connectivity index (χ4v) is 4.90. The van der Waals surface area contributed by atoms with Gasteiger partial charge in [0.15, 0.2) is 0 Å². The molecule has 0 saturated heterocycles. The van der Waals surface area contributed by atoms with Crippen molar-refractivity contribution >= 4 is 5.91 Å². The fourth-order valence-electron chi connectivity index (χ4n) is 4.90. The molecule has 1 heterocycles. The van der Waals surface area contributed by atoms with Gasteiger partial charge in [-0.15, -0.1) is 0 Å². The number of carbonyl (C=O) groups excluding carboxylic acids is 1. The Morgan fingerprint density at radius 1 is 1.00 bits per heavy atom. The van der Waals surface area contributed by atoms with Crippen LogP contribution in [0.3, 0.4) is 0 Å². The molecule has 1 amide bonds. The van der Waals surface area contributed by atoms with Gasteiger partial charge in [-0.2, -0.15) is 0 Å². The second-order valence-corrected chi connectivity index (χ2v) is 7.38. The Labute approximate surface area is 153 Å². The number of rotatable bonds is 3. The lowest BCUT2D eigenvalue weighted by molar-refractivity contribution is 0.0941. The molecule has 2 aromatic carbocycles. The Kier molecular flexibility index (Phi) is 3.49. The van der Waals surface area contributed by atoms with E-state index in [0.717, 1.165) is 6.42 Å². The highest BCUT2D eigenvalue weighted by Gasteiger charge is 2.42. The zero-order valence-electron chi connectivity index (χ0n) is 14.7. The van der Waals surface area contributed by atoms with Gasteiger partial charge in [0.1, 0.15) is 5.76 Å². The summed E-state index contributed by atoms with van der Waals surface area (Å²) in [5, 5.41) is 3.14. The zero-order chi connectivity index (χ0) is 17.7. The monoisotopic (exact) mass is 343 g/mol. The molecule has 3 aromatic rings. The first-order valence-corrected chi connectivity index (χ1v) is 9.24. The maximum Gasteiger partial charge on any atom is 0.254 e. The third-order valence-corrected chi connectivity index (χ3v) is 6.05. The molecule has 0 fully saturated rings. The molecule has 3 aliphatic rings. The van der Waals surface area contributed by atoms with Crippen molar-refractivity contribution in [2.24, 2.45) is 5.92 Å². The van der Waals surface area contributed by atoms with E-state index in [2.05, 4.69) is 53.8 Å². The number of carbonyl (C=O) groups is 1. The smallest absolute Gasteiger partial charge is 0.254 e. The SMILES string of the molecule is Cc1occc1C(=O)NC[C@@H]1CC2c3ccccc3C1c1ccccc12. The quantitative estimate of drug-likeness (QED) is 0.754. The van der Waals surface area contributed by atoms with E-state index in [1.807, 2.05) is 6.92 Å². The summed E-state index contributed by atoms with van der Waals surface area (Å²) in [6, 6.07) is 19.3. The van der Waals surface area contributed by atoms with Crippen LogP contribution >= 0.6 is 0 Å². The molecule has 0 radical (unpaired) electrons. The molecule has 26 heavy (non-hydrogen) atoms. The third kappa shape index (κ3) is 2.23. The molecule has 0 aliphatic heterocycles. The molecule has 2 bridgehead atoms. The Bertz CT molecular complexity index is 940. The molecule has 0 saturated carbocycles. The average molecular weight is 343 g/mol. The van der Waals surface area contributed by atoms with Crippen LogP contribution in [0.4, 0.5) is 0 Å². The van der Waals surface area contributed by atoms with Crippen molar-refractivity contribution < 1.29 is 9.21 Å². The number of furan rings is 1. The lowest BCUT2D eigenvalue weighted by atomic mass is 9.59. The van der Waals surface area contributed by atoms with E-state index in [0.29, 0.717) is 35.6 Å². The highest BCUT2D eigenvalue weighted by atomic mass is 16.3. The van der Waals surface area contributed by atoms with Crippen LogP contribution in [0.1, 0.15) is 56.6 Å². The standard InChI is InChI=1S/C23H21NO2/c1-14-16(10-11-26-14)23(25)24-13-15-12-21-17-6-2-4-8-19(17)22(15)20-9-5-3-7-18(20)21/h2-11,15,21-22H,12-13H2,1H3,(H,24,25)/t15-,21?,22?/m0/s1. The molecule has 3 nitrogen and oxygen atoms in total. The van der Waals surface area contributed by atoms with Gasteiger partial charge in [0, 0.05) is 18.4 Å². The van der Waals surface area contributed by atoms with E-state index in [1.54, 1.807) is 12.3 Å². The number of benzene rings is 2. The van der Waals surface area contributed by atoms with Crippen molar-refractivity contribution in [3.8, 4) is 0 Å². The number of fused-ring (bicyclic) bond motifs is 1. The van der Waals surface area contributed by atoms with Gasteiger partial charge in [-0.1, -0.05) is 48.5 Å². The van der Waals surface area contributed by atoms with Gasteiger partial charge in [0.25, 0.3) is 5.91 Å². The summed E-state index contributed by atoms with van der Waals surface area (Å²) in [5.41, 5.74) is 6.42. The lowest BCUT2D eigenvalue weighted by Gasteiger charge is -2.45. The van der Waals surface area contributed by atoms with Gasteiger partial charge in [-0.25, -0.2) is 0 Å². The molecular formula is C23H21NO2.